The lowest BCUT2D eigenvalue weighted by Crippen LogP contribution is -2.64. The first-order chi connectivity index (χ1) is 20.4. The maximum Gasteiger partial charge on any atom is 0.244 e. The molecule has 3 rings (SSSR count). The van der Waals surface area contributed by atoms with Crippen molar-refractivity contribution in [3.05, 3.63) is 35.9 Å². The number of β-amino-alcohol motifs (C(OH)–C–C–N with tert-alkyl or cyclic N) is 1. The van der Waals surface area contributed by atoms with E-state index in [0.717, 1.165) is 31.2 Å². The van der Waals surface area contributed by atoms with Crippen molar-refractivity contribution in [1.29, 1.82) is 0 Å². The van der Waals surface area contributed by atoms with E-state index < -0.39 is 56.2 Å². The van der Waals surface area contributed by atoms with Crippen LogP contribution in [0.4, 0.5) is 0 Å². The predicted molar refractivity (Wildman–Crippen MR) is 173 cm³/mol. The molecule has 3 amide bonds. The lowest BCUT2D eigenvalue weighted by atomic mass is 9.72. The van der Waals surface area contributed by atoms with E-state index in [2.05, 4.69) is 20.9 Å². The van der Waals surface area contributed by atoms with E-state index in [1.54, 1.807) is 0 Å². The number of sulfone groups is 1. The molecule has 1 aliphatic carbocycles. The van der Waals surface area contributed by atoms with Crippen molar-refractivity contribution in [2.24, 2.45) is 11.8 Å². The van der Waals surface area contributed by atoms with Crippen molar-refractivity contribution >= 4 is 27.6 Å². The molecule has 1 aromatic rings. The number of fused-ring (bicyclic) bond motifs is 1. The van der Waals surface area contributed by atoms with Crippen LogP contribution >= 0.6 is 0 Å². The van der Waals surface area contributed by atoms with Crippen LogP contribution < -0.4 is 16.0 Å². The SMILES string of the molecule is CCS(=O)(=O)C(C)(C)[C@H](NC(C)=O)C(=O)N[C@@H](Cc1ccccc1)[C@H](O)CN1C[C@H]2CCCC[C@H]2C[C@H]1C(=O)NC(C)(C)C. The monoisotopic (exact) mass is 634 g/mol. The van der Waals surface area contributed by atoms with Crippen LogP contribution in [-0.4, -0.2) is 89.5 Å². The molecule has 10 nitrogen and oxygen atoms in total. The van der Waals surface area contributed by atoms with E-state index in [1.807, 2.05) is 51.1 Å². The zero-order valence-electron chi connectivity index (χ0n) is 27.6. The second-order valence-corrected chi connectivity index (χ2v) is 17.1. The van der Waals surface area contributed by atoms with Gasteiger partial charge < -0.3 is 21.1 Å². The summed E-state index contributed by atoms with van der Waals surface area (Å²) in [6.07, 6.45) is 4.45. The predicted octanol–water partition coefficient (Wildman–Crippen LogP) is 2.59. The number of aliphatic hydroxyl groups excluding tert-OH is 1. The molecule has 0 spiro atoms. The number of amides is 3. The number of rotatable bonds is 12. The fourth-order valence-electron chi connectivity index (χ4n) is 6.72. The highest BCUT2D eigenvalue weighted by Crippen LogP contribution is 2.39. The summed E-state index contributed by atoms with van der Waals surface area (Å²) in [6.45, 7) is 12.3. The summed E-state index contributed by atoms with van der Waals surface area (Å²) in [7, 11) is -3.76. The number of carbonyl (C=O) groups is 3. The highest BCUT2D eigenvalue weighted by Gasteiger charge is 2.47. The molecule has 2 fully saturated rings. The Bertz CT molecular complexity index is 1250. The number of hydrogen-bond acceptors (Lipinski definition) is 7. The number of carbonyl (C=O) groups excluding carboxylic acids is 3. The van der Waals surface area contributed by atoms with Crippen LogP contribution in [0.5, 0.6) is 0 Å². The van der Waals surface area contributed by atoms with Gasteiger partial charge in [-0.05, 0) is 71.3 Å². The summed E-state index contributed by atoms with van der Waals surface area (Å²) in [5, 5.41) is 20.4. The minimum atomic E-state index is -3.76. The molecule has 1 saturated heterocycles. The molecule has 1 heterocycles. The molecule has 0 bridgehead atoms. The van der Waals surface area contributed by atoms with Crippen LogP contribution in [0.15, 0.2) is 30.3 Å². The third-order valence-corrected chi connectivity index (χ3v) is 11.9. The van der Waals surface area contributed by atoms with Crippen molar-refractivity contribution in [3.8, 4) is 0 Å². The lowest BCUT2D eigenvalue weighted by molar-refractivity contribution is -0.133. The molecular weight excluding hydrogens is 580 g/mol. The fourth-order valence-corrected chi connectivity index (χ4v) is 7.99. The largest absolute Gasteiger partial charge is 0.390 e. The molecule has 0 radical (unpaired) electrons. The van der Waals surface area contributed by atoms with Gasteiger partial charge in [-0.3, -0.25) is 19.3 Å². The first-order valence-corrected chi connectivity index (χ1v) is 17.7. The van der Waals surface area contributed by atoms with Crippen LogP contribution in [0.1, 0.15) is 86.1 Å². The minimum Gasteiger partial charge on any atom is -0.390 e. The zero-order chi connectivity index (χ0) is 32.9. The van der Waals surface area contributed by atoms with Crippen molar-refractivity contribution in [2.45, 2.75) is 122 Å². The second-order valence-electron chi connectivity index (χ2n) is 14.3. The number of nitrogens with zero attached hydrogens (tertiary/aromatic N) is 1. The maximum absolute atomic E-state index is 13.8. The fraction of sp³-hybridized carbons (Fsp3) is 0.727. The van der Waals surface area contributed by atoms with Gasteiger partial charge in [0.15, 0.2) is 9.84 Å². The van der Waals surface area contributed by atoms with Gasteiger partial charge in [-0.25, -0.2) is 8.42 Å². The summed E-state index contributed by atoms with van der Waals surface area (Å²) in [4.78, 5) is 41.6. The standard InChI is InChI=1S/C33H54N4O6S/c1-8-44(42,43)33(6,7)29(34-22(2)38)31(41)35-26(18-23-14-10-9-11-15-23)28(39)21-37-20-25-17-13-12-16-24(25)19-27(37)30(40)36-32(3,4)5/h9-11,14-15,24-29,39H,8,12-13,16-21H2,1-7H3,(H,34,38)(H,35,41)(H,36,40)/t24-,25+,26-,27-,28+,29+/m0/s1. The molecule has 4 N–H and O–H groups in total. The summed E-state index contributed by atoms with van der Waals surface area (Å²) in [5.41, 5.74) is 0.472. The second kappa shape index (κ2) is 14.7. The van der Waals surface area contributed by atoms with Crippen LogP contribution in [-0.2, 0) is 30.6 Å². The Balaban J connectivity index is 1.91. The molecule has 44 heavy (non-hydrogen) atoms. The Kier molecular flexibility index (Phi) is 12.0. The number of nitrogens with one attached hydrogen (secondary N) is 3. The van der Waals surface area contributed by atoms with Crippen LogP contribution in [0.2, 0.25) is 0 Å². The number of benzene rings is 1. The highest BCUT2D eigenvalue weighted by molar-refractivity contribution is 7.92. The Morgan fingerprint density at radius 2 is 1.61 bits per heavy atom. The van der Waals surface area contributed by atoms with Crippen LogP contribution in [0, 0.1) is 11.8 Å². The normalized spacial score (nSPS) is 23.5. The topological polar surface area (TPSA) is 145 Å². The third-order valence-electron chi connectivity index (χ3n) is 9.30. The van der Waals surface area contributed by atoms with E-state index in [0.29, 0.717) is 18.4 Å². The molecule has 248 valence electrons. The van der Waals surface area contributed by atoms with Gasteiger partial charge in [0.25, 0.3) is 0 Å². The average Bonchev–Trinajstić information content (AvgIpc) is 2.94. The van der Waals surface area contributed by atoms with E-state index in [9.17, 15) is 27.9 Å². The quantitative estimate of drug-likeness (QED) is 0.277. The van der Waals surface area contributed by atoms with Crippen molar-refractivity contribution < 1.29 is 27.9 Å². The smallest absolute Gasteiger partial charge is 0.244 e. The van der Waals surface area contributed by atoms with Gasteiger partial charge in [-0.2, -0.15) is 0 Å². The number of piperidine rings is 1. The van der Waals surface area contributed by atoms with Gasteiger partial charge in [0.2, 0.25) is 17.7 Å². The van der Waals surface area contributed by atoms with Gasteiger partial charge >= 0.3 is 0 Å². The Labute approximate surface area is 264 Å². The molecule has 6 atom stereocenters. The summed E-state index contributed by atoms with van der Waals surface area (Å²) in [6, 6.07) is 6.83. The average molecular weight is 635 g/mol. The van der Waals surface area contributed by atoms with Crippen molar-refractivity contribution in [2.75, 3.05) is 18.8 Å². The molecule has 11 heteroatoms. The third kappa shape index (κ3) is 9.26. The van der Waals surface area contributed by atoms with Gasteiger partial charge in [0.1, 0.15) is 6.04 Å². The number of aliphatic hydroxyl groups is 1. The van der Waals surface area contributed by atoms with Crippen LogP contribution in [0.3, 0.4) is 0 Å². The molecule has 1 saturated carbocycles. The van der Waals surface area contributed by atoms with Gasteiger partial charge in [-0.15, -0.1) is 0 Å². The zero-order valence-corrected chi connectivity index (χ0v) is 28.4. The first-order valence-electron chi connectivity index (χ1n) is 16.0. The lowest BCUT2D eigenvalue weighted by Gasteiger charge is -2.47. The van der Waals surface area contributed by atoms with Gasteiger partial charge in [0, 0.05) is 31.3 Å². The minimum absolute atomic E-state index is 0.0605. The van der Waals surface area contributed by atoms with Gasteiger partial charge in [0.05, 0.1) is 22.9 Å². The summed E-state index contributed by atoms with van der Waals surface area (Å²) in [5.74, 6) is -0.568. The number of hydrogen-bond donors (Lipinski definition) is 4. The van der Waals surface area contributed by atoms with Crippen molar-refractivity contribution in [3.63, 3.8) is 0 Å². The van der Waals surface area contributed by atoms with Crippen molar-refractivity contribution in [1.82, 2.24) is 20.9 Å². The number of likely N-dealkylation sites (tertiary alicyclic amines) is 1. The highest BCUT2D eigenvalue weighted by atomic mass is 32.2. The van der Waals surface area contributed by atoms with E-state index in [4.69, 9.17) is 0 Å². The van der Waals surface area contributed by atoms with E-state index in [-0.39, 0.29) is 24.6 Å². The summed E-state index contributed by atoms with van der Waals surface area (Å²) >= 11 is 0. The Morgan fingerprint density at radius 3 is 2.18 bits per heavy atom. The Hall–Kier alpha value is -2.50. The van der Waals surface area contributed by atoms with E-state index >= 15 is 0 Å². The molecule has 0 aromatic heterocycles. The Morgan fingerprint density at radius 1 is 1.00 bits per heavy atom. The van der Waals surface area contributed by atoms with Gasteiger partial charge in [-0.1, -0.05) is 56.5 Å². The molecule has 1 aromatic carbocycles. The maximum atomic E-state index is 13.8. The molecular formula is C33H54N4O6S. The van der Waals surface area contributed by atoms with Crippen LogP contribution in [0.25, 0.3) is 0 Å². The first kappa shape index (κ1) is 36.0. The molecule has 2 aliphatic rings. The van der Waals surface area contributed by atoms with E-state index in [1.165, 1.54) is 34.1 Å². The molecule has 0 unspecified atom stereocenters. The molecule has 1 aliphatic heterocycles. The summed E-state index contributed by atoms with van der Waals surface area (Å²) < 4.78 is 24.4.